The van der Waals surface area contributed by atoms with Crippen molar-refractivity contribution in [3.8, 4) is 5.75 Å². The third-order valence-electron chi connectivity index (χ3n) is 2.32. The molecule has 5 heteroatoms. The van der Waals surface area contributed by atoms with Crippen LogP contribution in [0.3, 0.4) is 0 Å². The third kappa shape index (κ3) is 6.45. The Labute approximate surface area is 112 Å². The average Bonchev–Trinajstić information content (AvgIpc) is 2.31. The molecule has 5 nitrogen and oxygen atoms in total. The molecule has 0 saturated heterocycles. The molecule has 0 aromatic heterocycles. The SMILES string of the molecule is CC(C)OC(=O)CCNC(=O)Cc1ccc(O)cc1. The third-order valence-corrected chi connectivity index (χ3v) is 2.32. The second-order valence-corrected chi connectivity index (χ2v) is 4.48. The van der Waals surface area contributed by atoms with Crippen molar-refractivity contribution in [2.45, 2.75) is 32.8 Å². The molecule has 0 atom stereocenters. The minimum atomic E-state index is -0.320. The summed E-state index contributed by atoms with van der Waals surface area (Å²) in [7, 11) is 0. The first kappa shape index (κ1) is 15.0. The van der Waals surface area contributed by atoms with Crippen molar-refractivity contribution in [1.82, 2.24) is 5.32 Å². The quantitative estimate of drug-likeness (QED) is 0.762. The Morgan fingerprint density at radius 1 is 1.26 bits per heavy atom. The summed E-state index contributed by atoms with van der Waals surface area (Å²) in [5, 5.41) is 11.8. The van der Waals surface area contributed by atoms with E-state index in [2.05, 4.69) is 5.32 Å². The first-order valence-electron chi connectivity index (χ1n) is 6.21. The average molecular weight is 265 g/mol. The van der Waals surface area contributed by atoms with Crippen molar-refractivity contribution in [1.29, 1.82) is 0 Å². The lowest BCUT2D eigenvalue weighted by Gasteiger charge is -2.08. The van der Waals surface area contributed by atoms with Gasteiger partial charge in [-0.25, -0.2) is 0 Å². The Kier molecular flexibility index (Phi) is 5.85. The van der Waals surface area contributed by atoms with Crippen molar-refractivity contribution < 1.29 is 19.4 Å². The number of esters is 1. The van der Waals surface area contributed by atoms with Crippen LogP contribution in [0.1, 0.15) is 25.8 Å². The fourth-order valence-electron chi connectivity index (χ4n) is 1.49. The maximum absolute atomic E-state index is 11.6. The highest BCUT2D eigenvalue weighted by molar-refractivity contribution is 5.79. The van der Waals surface area contributed by atoms with Gasteiger partial charge < -0.3 is 15.2 Å². The van der Waals surface area contributed by atoms with Gasteiger partial charge in [-0.1, -0.05) is 12.1 Å². The zero-order valence-electron chi connectivity index (χ0n) is 11.2. The second kappa shape index (κ2) is 7.41. The lowest BCUT2D eigenvalue weighted by molar-refractivity contribution is -0.147. The van der Waals surface area contributed by atoms with E-state index in [1.54, 1.807) is 26.0 Å². The fraction of sp³-hybridized carbons (Fsp3) is 0.429. The number of carbonyl (C=O) groups is 2. The van der Waals surface area contributed by atoms with E-state index in [0.29, 0.717) is 0 Å². The minimum Gasteiger partial charge on any atom is -0.508 e. The Balaban J connectivity index is 2.25. The zero-order valence-corrected chi connectivity index (χ0v) is 11.2. The van der Waals surface area contributed by atoms with E-state index in [1.807, 2.05) is 0 Å². The molecule has 104 valence electrons. The van der Waals surface area contributed by atoms with E-state index in [9.17, 15) is 9.59 Å². The second-order valence-electron chi connectivity index (χ2n) is 4.48. The van der Waals surface area contributed by atoms with Gasteiger partial charge in [0.1, 0.15) is 5.75 Å². The van der Waals surface area contributed by atoms with Crippen LogP contribution in [0.4, 0.5) is 0 Å². The molecule has 0 heterocycles. The van der Waals surface area contributed by atoms with Gasteiger partial charge >= 0.3 is 5.97 Å². The molecule has 1 amide bonds. The summed E-state index contributed by atoms with van der Waals surface area (Å²) in [6.45, 7) is 3.82. The van der Waals surface area contributed by atoms with Crippen LogP contribution in [0.15, 0.2) is 24.3 Å². The zero-order chi connectivity index (χ0) is 14.3. The van der Waals surface area contributed by atoms with Gasteiger partial charge in [0, 0.05) is 6.54 Å². The van der Waals surface area contributed by atoms with Crippen LogP contribution in [-0.2, 0) is 20.7 Å². The van der Waals surface area contributed by atoms with Gasteiger partial charge in [-0.15, -0.1) is 0 Å². The number of phenolic OH excluding ortho intramolecular Hbond substituents is 1. The smallest absolute Gasteiger partial charge is 0.307 e. The van der Waals surface area contributed by atoms with E-state index in [1.165, 1.54) is 12.1 Å². The van der Waals surface area contributed by atoms with Gasteiger partial charge in [0.05, 0.1) is 18.9 Å². The number of hydrogen-bond donors (Lipinski definition) is 2. The number of amides is 1. The molecule has 0 unspecified atom stereocenters. The van der Waals surface area contributed by atoms with Crippen LogP contribution >= 0.6 is 0 Å². The molecule has 0 saturated carbocycles. The van der Waals surface area contributed by atoms with E-state index < -0.39 is 0 Å². The highest BCUT2D eigenvalue weighted by atomic mass is 16.5. The number of nitrogens with one attached hydrogen (secondary N) is 1. The van der Waals surface area contributed by atoms with Gasteiger partial charge in [0.15, 0.2) is 0 Å². The van der Waals surface area contributed by atoms with Crippen LogP contribution in [0.25, 0.3) is 0 Å². The van der Waals surface area contributed by atoms with Crippen LogP contribution in [0.2, 0.25) is 0 Å². The van der Waals surface area contributed by atoms with Crippen LogP contribution in [0.5, 0.6) is 5.75 Å². The topological polar surface area (TPSA) is 75.6 Å². The summed E-state index contributed by atoms with van der Waals surface area (Å²) >= 11 is 0. The highest BCUT2D eigenvalue weighted by Crippen LogP contribution is 2.09. The molecule has 0 aliphatic carbocycles. The monoisotopic (exact) mass is 265 g/mol. The number of aromatic hydroxyl groups is 1. The van der Waals surface area contributed by atoms with E-state index in [0.717, 1.165) is 5.56 Å². The molecular weight excluding hydrogens is 246 g/mol. The molecule has 1 aromatic carbocycles. The molecule has 0 aliphatic heterocycles. The summed E-state index contributed by atoms with van der Waals surface area (Å²) in [6, 6.07) is 6.43. The maximum atomic E-state index is 11.6. The summed E-state index contributed by atoms with van der Waals surface area (Å²) in [5.74, 6) is -0.316. The Morgan fingerprint density at radius 2 is 1.89 bits per heavy atom. The molecule has 0 spiro atoms. The van der Waals surface area contributed by atoms with Gasteiger partial charge in [-0.05, 0) is 31.5 Å². The minimum absolute atomic E-state index is 0.139. The largest absolute Gasteiger partial charge is 0.508 e. The Morgan fingerprint density at radius 3 is 2.47 bits per heavy atom. The predicted molar refractivity (Wildman–Crippen MR) is 70.7 cm³/mol. The normalized spacial score (nSPS) is 10.3. The summed E-state index contributed by atoms with van der Waals surface area (Å²) in [6.07, 6.45) is 0.249. The summed E-state index contributed by atoms with van der Waals surface area (Å²) in [5.41, 5.74) is 0.806. The molecule has 0 aliphatic rings. The number of ether oxygens (including phenoxy) is 1. The van der Waals surface area contributed by atoms with E-state index >= 15 is 0 Å². The van der Waals surface area contributed by atoms with Gasteiger partial charge in [0.25, 0.3) is 0 Å². The van der Waals surface area contributed by atoms with E-state index in [-0.39, 0.29) is 43.1 Å². The highest BCUT2D eigenvalue weighted by Gasteiger charge is 2.07. The predicted octanol–water partition coefficient (Wildman–Crippen LogP) is 1.39. The lowest BCUT2D eigenvalue weighted by atomic mass is 10.1. The van der Waals surface area contributed by atoms with Crippen molar-refractivity contribution in [3.05, 3.63) is 29.8 Å². The van der Waals surface area contributed by atoms with Crippen LogP contribution in [0, 0.1) is 0 Å². The lowest BCUT2D eigenvalue weighted by Crippen LogP contribution is -2.28. The van der Waals surface area contributed by atoms with Crippen LogP contribution < -0.4 is 5.32 Å². The molecule has 0 radical (unpaired) electrons. The standard InChI is InChI=1S/C14H19NO4/c1-10(2)19-14(18)7-8-15-13(17)9-11-3-5-12(16)6-4-11/h3-6,10,16H,7-9H2,1-2H3,(H,15,17). The van der Waals surface area contributed by atoms with Crippen molar-refractivity contribution in [3.63, 3.8) is 0 Å². The maximum Gasteiger partial charge on any atom is 0.307 e. The molecule has 1 rings (SSSR count). The van der Waals surface area contributed by atoms with Gasteiger partial charge in [0.2, 0.25) is 5.91 Å². The Hall–Kier alpha value is -2.04. The van der Waals surface area contributed by atoms with Crippen molar-refractivity contribution in [2.75, 3.05) is 6.54 Å². The van der Waals surface area contributed by atoms with Crippen LogP contribution in [-0.4, -0.2) is 29.6 Å². The molecule has 1 aromatic rings. The Bertz CT molecular complexity index is 426. The number of hydrogen-bond acceptors (Lipinski definition) is 4. The fourth-order valence-corrected chi connectivity index (χ4v) is 1.49. The molecule has 2 N–H and O–H groups in total. The first-order chi connectivity index (χ1) is 8.97. The van der Waals surface area contributed by atoms with Gasteiger partial charge in [-0.3, -0.25) is 9.59 Å². The van der Waals surface area contributed by atoms with Crippen molar-refractivity contribution >= 4 is 11.9 Å². The van der Waals surface area contributed by atoms with Gasteiger partial charge in [-0.2, -0.15) is 0 Å². The number of benzene rings is 1. The molecular formula is C14H19NO4. The molecule has 19 heavy (non-hydrogen) atoms. The number of rotatable bonds is 6. The number of carbonyl (C=O) groups excluding carboxylic acids is 2. The van der Waals surface area contributed by atoms with E-state index in [4.69, 9.17) is 9.84 Å². The molecule has 0 bridgehead atoms. The molecule has 0 fully saturated rings. The first-order valence-corrected chi connectivity index (χ1v) is 6.21. The van der Waals surface area contributed by atoms with Crippen molar-refractivity contribution in [2.24, 2.45) is 0 Å². The number of phenols is 1. The summed E-state index contributed by atoms with van der Waals surface area (Å²) < 4.78 is 4.95. The summed E-state index contributed by atoms with van der Waals surface area (Å²) in [4.78, 5) is 22.8.